The number of nitrogens with one attached hydrogen (secondary N) is 1. The van der Waals surface area contributed by atoms with E-state index in [1.165, 1.54) is 0 Å². The van der Waals surface area contributed by atoms with Crippen LogP contribution >= 0.6 is 15.9 Å². The van der Waals surface area contributed by atoms with Gasteiger partial charge in [-0.15, -0.1) is 0 Å². The van der Waals surface area contributed by atoms with Crippen molar-refractivity contribution in [2.45, 2.75) is 86.1 Å². The SMILES string of the molecule is CCCCCn1c(C)c(Br)c(=O)c(C(=O)Nc2c(C(C)C)cccc2C(C)C)c1C. The van der Waals surface area contributed by atoms with Gasteiger partial charge in [0.2, 0.25) is 5.43 Å². The monoisotopic (exact) mass is 474 g/mol. The van der Waals surface area contributed by atoms with E-state index in [-0.39, 0.29) is 28.7 Å². The van der Waals surface area contributed by atoms with E-state index in [0.29, 0.717) is 4.47 Å². The van der Waals surface area contributed by atoms with Gasteiger partial charge in [0.25, 0.3) is 5.91 Å². The molecule has 0 saturated carbocycles. The minimum absolute atomic E-state index is 0.220. The number of pyridine rings is 1. The Morgan fingerprint density at radius 1 is 1.03 bits per heavy atom. The predicted octanol–water partition coefficient (Wildman–Crippen LogP) is 6.92. The van der Waals surface area contributed by atoms with Gasteiger partial charge in [0.05, 0.1) is 4.47 Å². The maximum atomic E-state index is 13.4. The van der Waals surface area contributed by atoms with Gasteiger partial charge in [0, 0.05) is 23.6 Å². The van der Waals surface area contributed by atoms with E-state index in [2.05, 4.69) is 60.4 Å². The van der Waals surface area contributed by atoms with Crippen LogP contribution in [0.4, 0.5) is 5.69 Å². The third-order valence-electron chi connectivity index (χ3n) is 5.74. The topological polar surface area (TPSA) is 51.1 Å². The van der Waals surface area contributed by atoms with Crippen LogP contribution in [0.3, 0.4) is 0 Å². The van der Waals surface area contributed by atoms with Crippen LogP contribution in [0.2, 0.25) is 0 Å². The molecule has 1 aromatic carbocycles. The zero-order valence-electron chi connectivity index (χ0n) is 19.4. The van der Waals surface area contributed by atoms with Gasteiger partial charge in [-0.2, -0.15) is 0 Å². The maximum Gasteiger partial charge on any atom is 0.261 e. The summed E-state index contributed by atoms with van der Waals surface area (Å²) in [6.07, 6.45) is 3.25. The Morgan fingerprint density at radius 2 is 1.60 bits per heavy atom. The van der Waals surface area contributed by atoms with Crippen LogP contribution in [0.15, 0.2) is 27.5 Å². The van der Waals surface area contributed by atoms with Gasteiger partial charge in [0.15, 0.2) is 0 Å². The van der Waals surface area contributed by atoms with Crippen molar-refractivity contribution in [2.24, 2.45) is 0 Å². The lowest BCUT2D eigenvalue weighted by Crippen LogP contribution is -2.29. The largest absolute Gasteiger partial charge is 0.347 e. The molecule has 2 aromatic rings. The molecule has 0 spiro atoms. The molecule has 164 valence electrons. The molecule has 0 saturated heterocycles. The highest BCUT2D eigenvalue weighted by atomic mass is 79.9. The molecule has 2 rings (SSSR count). The van der Waals surface area contributed by atoms with E-state index in [1.54, 1.807) is 0 Å². The van der Waals surface area contributed by atoms with Crippen molar-refractivity contribution < 1.29 is 4.79 Å². The molecular formula is C25H35BrN2O2. The van der Waals surface area contributed by atoms with Crippen molar-refractivity contribution in [3.8, 4) is 0 Å². The summed E-state index contributed by atoms with van der Waals surface area (Å²) in [6.45, 7) is 15.2. The zero-order valence-corrected chi connectivity index (χ0v) is 20.9. The molecule has 0 atom stereocenters. The number of amides is 1. The standard InChI is InChI=1S/C25H35BrN2O2/c1-8-9-10-14-28-17(6)21(24(29)22(26)18(28)7)25(30)27-23-19(15(2)3)12-11-13-20(23)16(4)5/h11-13,15-16H,8-10,14H2,1-7H3,(H,27,30). The lowest BCUT2D eigenvalue weighted by atomic mass is 9.92. The molecule has 0 aliphatic rings. The Balaban J connectivity index is 2.57. The Kier molecular flexibility index (Phi) is 8.48. The van der Waals surface area contributed by atoms with Gasteiger partial charge in [-0.25, -0.2) is 0 Å². The summed E-state index contributed by atoms with van der Waals surface area (Å²) in [4.78, 5) is 26.4. The molecule has 0 bridgehead atoms. The van der Waals surface area contributed by atoms with E-state index in [1.807, 2.05) is 32.0 Å². The van der Waals surface area contributed by atoms with E-state index < -0.39 is 0 Å². The number of unbranched alkanes of at least 4 members (excludes halogenated alkanes) is 2. The average Bonchev–Trinajstić information content (AvgIpc) is 2.68. The first-order valence-electron chi connectivity index (χ1n) is 10.9. The smallest absolute Gasteiger partial charge is 0.261 e. The van der Waals surface area contributed by atoms with Gasteiger partial charge >= 0.3 is 0 Å². The van der Waals surface area contributed by atoms with Gasteiger partial charge in [-0.05, 0) is 59.2 Å². The molecule has 1 aromatic heterocycles. The first-order valence-corrected chi connectivity index (χ1v) is 11.7. The fraction of sp³-hybridized carbons (Fsp3) is 0.520. The molecule has 1 heterocycles. The third-order valence-corrected chi connectivity index (χ3v) is 6.67. The summed E-state index contributed by atoms with van der Waals surface area (Å²) >= 11 is 3.44. The first kappa shape index (κ1) is 24.4. The third kappa shape index (κ3) is 5.05. The van der Waals surface area contributed by atoms with Gasteiger partial charge in [-0.3, -0.25) is 9.59 Å². The van der Waals surface area contributed by atoms with Gasteiger partial charge in [-0.1, -0.05) is 65.7 Å². The van der Waals surface area contributed by atoms with Crippen LogP contribution in [0.5, 0.6) is 0 Å². The maximum absolute atomic E-state index is 13.4. The summed E-state index contributed by atoms with van der Waals surface area (Å²) in [5.41, 5.74) is 4.57. The number of nitrogens with zero attached hydrogens (tertiary/aromatic N) is 1. The quantitative estimate of drug-likeness (QED) is 0.422. The summed E-state index contributed by atoms with van der Waals surface area (Å²) < 4.78 is 2.56. The highest BCUT2D eigenvalue weighted by molar-refractivity contribution is 9.10. The van der Waals surface area contributed by atoms with Crippen LogP contribution in [0.25, 0.3) is 0 Å². The van der Waals surface area contributed by atoms with Crippen molar-refractivity contribution >= 4 is 27.5 Å². The molecule has 1 amide bonds. The van der Waals surface area contributed by atoms with Crippen molar-refractivity contribution in [3.63, 3.8) is 0 Å². The number of carbonyl (C=O) groups excluding carboxylic acids is 1. The fourth-order valence-corrected chi connectivity index (χ4v) is 4.35. The molecule has 0 aliphatic heterocycles. The van der Waals surface area contributed by atoms with Crippen LogP contribution in [-0.4, -0.2) is 10.5 Å². The number of carbonyl (C=O) groups is 1. The van der Waals surface area contributed by atoms with Gasteiger partial charge < -0.3 is 9.88 Å². The van der Waals surface area contributed by atoms with Crippen LogP contribution in [-0.2, 0) is 6.54 Å². The summed E-state index contributed by atoms with van der Waals surface area (Å²) in [6, 6.07) is 6.13. The molecule has 0 fully saturated rings. The van der Waals surface area contributed by atoms with E-state index in [0.717, 1.165) is 54.0 Å². The number of hydrogen-bond donors (Lipinski definition) is 1. The molecule has 5 heteroatoms. The summed E-state index contributed by atoms with van der Waals surface area (Å²) in [7, 11) is 0. The second-order valence-corrected chi connectivity index (χ2v) is 9.42. The zero-order chi connectivity index (χ0) is 22.6. The summed E-state index contributed by atoms with van der Waals surface area (Å²) in [5.74, 6) is 0.184. The van der Waals surface area contributed by atoms with Crippen LogP contribution in [0.1, 0.15) is 98.6 Å². The number of para-hydroxylation sites is 1. The van der Waals surface area contributed by atoms with Crippen LogP contribution in [0, 0.1) is 13.8 Å². The number of anilines is 1. The average molecular weight is 475 g/mol. The van der Waals surface area contributed by atoms with E-state index in [9.17, 15) is 9.59 Å². The Hall–Kier alpha value is -1.88. The Morgan fingerprint density at radius 3 is 2.10 bits per heavy atom. The lowest BCUT2D eigenvalue weighted by molar-refractivity contribution is 0.102. The second kappa shape index (κ2) is 10.4. The van der Waals surface area contributed by atoms with Gasteiger partial charge in [0.1, 0.15) is 5.56 Å². The summed E-state index contributed by atoms with van der Waals surface area (Å²) in [5, 5.41) is 3.11. The Labute approximate surface area is 189 Å². The molecule has 1 N–H and O–H groups in total. The first-order chi connectivity index (χ1) is 14.1. The molecule has 4 nitrogen and oxygen atoms in total. The van der Waals surface area contributed by atoms with Crippen molar-refractivity contribution in [1.82, 2.24) is 4.57 Å². The van der Waals surface area contributed by atoms with E-state index in [4.69, 9.17) is 0 Å². The predicted molar refractivity (Wildman–Crippen MR) is 130 cm³/mol. The molecule has 0 unspecified atom stereocenters. The second-order valence-electron chi connectivity index (χ2n) is 8.62. The van der Waals surface area contributed by atoms with Crippen LogP contribution < -0.4 is 10.7 Å². The highest BCUT2D eigenvalue weighted by Crippen LogP contribution is 2.33. The molecule has 0 aliphatic carbocycles. The minimum atomic E-state index is -0.336. The highest BCUT2D eigenvalue weighted by Gasteiger charge is 2.23. The number of rotatable bonds is 8. The lowest BCUT2D eigenvalue weighted by Gasteiger charge is -2.22. The molecular weight excluding hydrogens is 440 g/mol. The van der Waals surface area contributed by atoms with Crippen molar-refractivity contribution in [3.05, 3.63) is 61.0 Å². The number of halogens is 1. The van der Waals surface area contributed by atoms with E-state index >= 15 is 0 Å². The molecule has 0 radical (unpaired) electrons. The normalized spacial score (nSPS) is 11.4. The van der Waals surface area contributed by atoms with Crippen molar-refractivity contribution in [2.75, 3.05) is 5.32 Å². The molecule has 30 heavy (non-hydrogen) atoms. The number of benzene rings is 1. The number of aromatic nitrogens is 1. The van der Waals surface area contributed by atoms with Crippen molar-refractivity contribution in [1.29, 1.82) is 0 Å². The minimum Gasteiger partial charge on any atom is -0.347 e. The fourth-order valence-electron chi connectivity index (χ4n) is 3.94. The Bertz CT molecular complexity index is 948. The number of hydrogen-bond acceptors (Lipinski definition) is 2.